The molecule has 11 rings (SSSR count). The Hall–Kier alpha value is -6.96. The molecule has 1 heteroatoms. The number of benzene rings is 10. The highest BCUT2D eigenvalue weighted by atomic mass is 14.5. The summed E-state index contributed by atoms with van der Waals surface area (Å²) in [5.74, 6) is 0. The summed E-state index contributed by atoms with van der Waals surface area (Å²) in [4.78, 5) is 0. The molecule has 0 saturated heterocycles. The summed E-state index contributed by atoms with van der Waals surface area (Å²) in [6.45, 7) is 0. The summed E-state index contributed by atoms with van der Waals surface area (Å²) < 4.78 is 0. The van der Waals surface area contributed by atoms with Crippen LogP contribution in [0.25, 0.3) is 110 Å². The highest BCUT2D eigenvalue weighted by Crippen LogP contribution is 2.58. The maximum absolute atomic E-state index is 5.98. The minimum atomic E-state index is 0.777. The van der Waals surface area contributed by atoms with Crippen LogP contribution in [0.1, 0.15) is 0 Å². The predicted molar refractivity (Wildman–Crippen MR) is 227 cm³/mol. The highest BCUT2D eigenvalue weighted by molar-refractivity contribution is 6.29. The fourth-order valence-electron chi connectivity index (χ4n) is 8.86. The number of hydrogen-bond acceptors (Lipinski definition) is 1. The second kappa shape index (κ2) is 11.5. The normalized spacial score (nSPS) is 11.8. The van der Waals surface area contributed by atoms with Gasteiger partial charge in [-0.25, -0.2) is 0 Å². The zero-order valence-electron chi connectivity index (χ0n) is 29.0. The van der Waals surface area contributed by atoms with Crippen molar-refractivity contribution < 1.29 is 0 Å². The van der Waals surface area contributed by atoms with Gasteiger partial charge in [0.05, 0.1) is 0 Å². The van der Waals surface area contributed by atoms with Crippen molar-refractivity contribution in [1.29, 1.82) is 0 Å². The maximum Gasteiger partial charge on any atom is 0.0314 e. The van der Waals surface area contributed by atoms with Crippen LogP contribution in [0.4, 0.5) is 5.69 Å². The molecule has 246 valence electrons. The summed E-state index contributed by atoms with van der Waals surface area (Å²) in [5, 5.41) is 10.1. The first-order chi connectivity index (χ1) is 26.2. The van der Waals surface area contributed by atoms with Crippen LogP contribution in [-0.2, 0) is 0 Å². The van der Waals surface area contributed by atoms with Gasteiger partial charge in [0.15, 0.2) is 0 Å². The van der Waals surface area contributed by atoms with Crippen LogP contribution in [0, 0.1) is 0 Å². The zero-order valence-corrected chi connectivity index (χ0v) is 29.0. The SMILES string of the molecule is Nc1ccc(-c2ccc(-c3ccc4c5c(cccc35)-c3c-4c(-c4ccc5ccccc5c4)c4ccccc4c3-c3ccc4ccccc4c3)cc2)cc1. The molecule has 0 saturated carbocycles. The van der Waals surface area contributed by atoms with E-state index >= 15 is 0 Å². The van der Waals surface area contributed by atoms with Gasteiger partial charge in [0.1, 0.15) is 0 Å². The lowest BCUT2D eigenvalue weighted by atomic mass is 9.82. The summed E-state index contributed by atoms with van der Waals surface area (Å²) in [6, 6.07) is 69.0. The average Bonchev–Trinajstić information content (AvgIpc) is 3.55. The van der Waals surface area contributed by atoms with Crippen molar-refractivity contribution in [3.63, 3.8) is 0 Å². The summed E-state index contributed by atoms with van der Waals surface area (Å²) in [5.41, 5.74) is 21.8. The van der Waals surface area contributed by atoms with E-state index in [0.29, 0.717) is 0 Å². The first-order valence-electron chi connectivity index (χ1n) is 18.3. The molecule has 0 unspecified atom stereocenters. The number of anilines is 1. The molecular weight excluding hydrogens is 639 g/mol. The van der Waals surface area contributed by atoms with E-state index in [1.54, 1.807) is 0 Å². The van der Waals surface area contributed by atoms with Crippen molar-refractivity contribution in [2.24, 2.45) is 0 Å². The average molecular weight is 672 g/mol. The standard InChI is InChI=1S/C52H33N/c53-41-26-24-35(25-27-41)34-16-20-36(21-17-34)42-28-29-47-50-43(42)14-7-15-46(50)51-48(39-22-18-32-8-1-3-10-37(32)30-39)44-12-5-6-13-45(44)49(52(47)51)40-23-19-33-9-2-4-11-38(33)31-40/h1-31H,53H2. The Morgan fingerprint density at radius 1 is 0.264 bits per heavy atom. The Labute approximate surface area is 308 Å². The van der Waals surface area contributed by atoms with Crippen molar-refractivity contribution >= 4 is 48.8 Å². The van der Waals surface area contributed by atoms with Crippen molar-refractivity contribution in [3.8, 4) is 66.8 Å². The van der Waals surface area contributed by atoms with Gasteiger partial charge in [-0.2, -0.15) is 0 Å². The Morgan fingerprint density at radius 3 is 1.28 bits per heavy atom. The minimum Gasteiger partial charge on any atom is -0.399 e. The molecule has 1 aliphatic carbocycles. The van der Waals surface area contributed by atoms with Gasteiger partial charge in [-0.15, -0.1) is 0 Å². The number of hydrogen-bond donors (Lipinski definition) is 1. The number of fused-ring (bicyclic) bond motifs is 6. The number of nitrogens with two attached hydrogens (primary N) is 1. The third-order valence-electron chi connectivity index (χ3n) is 11.3. The van der Waals surface area contributed by atoms with Crippen molar-refractivity contribution in [1.82, 2.24) is 0 Å². The van der Waals surface area contributed by atoms with E-state index in [4.69, 9.17) is 5.73 Å². The summed E-state index contributed by atoms with van der Waals surface area (Å²) in [7, 11) is 0. The van der Waals surface area contributed by atoms with E-state index in [2.05, 4.69) is 176 Å². The second-order valence-electron chi connectivity index (χ2n) is 14.3. The van der Waals surface area contributed by atoms with Crippen LogP contribution in [0.15, 0.2) is 188 Å². The fraction of sp³-hybridized carbons (Fsp3) is 0. The van der Waals surface area contributed by atoms with Crippen LogP contribution < -0.4 is 5.73 Å². The third-order valence-corrected chi connectivity index (χ3v) is 11.3. The molecule has 0 spiro atoms. The molecule has 0 radical (unpaired) electrons. The van der Waals surface area contributed by atoms with Crippen molar-refractivity contribution in [3.05, 3.63) is 188 Å². The molecule has 1 aliphatic rings. The first kappa shape index (κ1) is 29.7. The topological polar surface area (TPSA) is 26.0 Å². The lowest BCUT2D eigenvalue weighted by Crippen LogP contribution is -1.94. The third kappa shape index (κ3) is 4.58. The smallest absolute Gasteiger partial charge is 0.0314 e. The molecule has 2 N–H and O–H groups in total. The van der Waals surface area contributed by atoms with Gasteiger partial charge in [0.25, 0.3) is 0 Å². The van der Waals surface area contributed by atoms with Crippen LogP contribution in [0.2, 0.25) is 0 Å². The Morgan fingerprint density at radius 2 is 0.698 bits per heavy atom. The van der Waals surface area contributed by atoms with Gasteiger partial charge in [0.2, 0.25) is 0 Å². The molecule has 0 aliphatic heterocycles. The minimum absolute atomic E-state index is 0.777. The molecule has 0 aromatic heterocycles. The highest BCUT2D eigenvalue weighted by Gasteiger charge is 2.31. The lowest BCUT2D eigenvalue weighted by molar-refractivity contribution is 1.60. The molecule has 0 bridgehead atoms. The monoisotopic (exact) mass is 671 g/mol. The molecule has 0 atom stereocenters. The predicted octanol–water partition coefficient (Wildman–Crippen LogP) is 14.2. The second-order valence-corrected chi connectivity index (χ2v) is 14.3. The first-order valence-corrected chi connectivity index (χ1v) is 18.3. The Kier molecular flexibility index (Phi) is 6.47. The van der Waals surface area contributed by atoms with Crippen LogP contribution in [-0.4, -0.2) is 0 Å². The van der Waals surface area contributed by atoms with E-state index in [1.165, 1.54) is 104 Å². The van der Waals surface area contributed by atoms with Crippen LogP contribution in [0.3, 0.4) is 0 Å². The zero-order chi connectivity index (χ0) is 35.0. The van der Waals surface area contributed by atoms with Crippen molar-refractivity contribution in [2.75, 3.05) is 5.73 Å². The van der Waals surface area contributed by atoms with Crippen molar-refractivity contribution in [2.45, 2.75) is 0 Å². The van der Waals surface area contributed by atoms with E-state index < -0.39 is 0 Å². The Balaban J connectivity index is 1.21. The summed E-state index contributed by atoms with van der Waals surface area (Å²) in [6.07, 6.45) is 0. The number of rotatable bonds is 4. The van der Waals surface area contributed by atoms with E-state index in [9.17, 15) is 0 Å². The molecular formula is C52H33N. The van der Waals surface area contributed by atoms with Gasteiger partial charge >= 0.3 is 0 Å². The van der Waals surface area contributed by atoms with Gasteiger partial charge in [-0.3, -0.25) is 0 Å². The molecule has 10 aromatic rings. The maximum atomic E-state index is 5.98. The molecule has 0 heterocycles. The molecule has 0 fully saturated rings. The Bertz CT molecular complexity index is 2960. The molecule has 1 nitrogen and oxygen atoms in total. The van der Waals surface area contributed by atoms with E-state index in [1.807, 2.05) is 12.1 Å². The van der Waals surface area contributed by atoms with E-state index in [0.717, 1.165) is 11.3 Å². The molecule has 53 heavy (non-hydrogen) atoms. The number of nitrogen functional groups attached to an aromatic ring is 1. The van der Waals surface area contributed by atoms with Gasteiger partial charge < -0.3 is 5.73 Å². The quantitative estimate of drug-likeness (QED) is 0.185. The molecule has 10 aromatic carbocycles. The molecule has 0 amide bonds. The van der Waals surface area contributed by atoms with Gasteiger partial charge in [-0.1, -0.05) is 164 Å². The lowest BCUT2D eigenvalue weighted by Gasteiger charge is -2.21. The van der Waals surface area contributed by atoms with Gasteiger partial charge in [0, 0.05) is 5.69 Å². The fourth-order valence-corrected chi connectivity index (χ4v) is 8.86. The van der Waals surface area contributed by atoms with Gasteiger partial charge in [-0.05, 0) is 134 Å². The summed E-state index contributed by atoms with van der Waals surface area (Å²) >= 11 is 0. The van der Waals surface area contributed by atoms with E-state index in [-0.39, 0.29) is 0 Å². The van der Waals surface area contributed by atoms with Crippen LogP contribution >= 0.6 is 0 Å². The largest absolute Gasteiger partial charge is 0.399 e. The van der Waals surface area contributed by atoms with Crippen LogP contribution in [0.5, 0.6) is 0 Å².